The maximum Gasteiger partial charge on any atom is 0.167 e. The highest BCUT2D eigenvalue weighted by Gasteiger charge is 2.36. The topological polar surface area (TPSA) is 38.1 Å². The predicted molar refractivity (Wildman–Crippen MR) is 115 cm³/mol. The van der Waals surface area contributed by atoms with E-state index >= 15 is 0 Å². The first kappa shape index (κ1) is 18.8. The molecule has 144 valence electrons. The van der Waals surface area contributed by atoms with Crippen molar-refractivity contribution in [3.63, 3.8) is 0 Å². The predicted octanol–water partition coefficient (Wildman–Crippen LogP) is 5.41. The minimum absolute atomic E-state index is 0.0875. The van der Waals surface area contributed by atoms with Gasteiger partial charge in [0.05, 0.1) is 27.7 Å². The summed E-state index contributed by atoms with van der Waals surface area (Å²) in [6.45, 7) is 4.24. The maximum atomic E-state index is 13.1. The Hall–Kier alpha value is -2.59. The molecule has 1 aliphatic rings. The van der Waals surface area contributed by atoms with Crippen LogP contribution in [0.1, 0.15) is 36.3 Å². The van der Waals surface area contributed by atoms with E-state index in [1.54, 1.807) is 0 Å². The lowest BCUT2D eigenvalue weighted by atomic mass is 9.75. The zero-order chi connectivity index (χ0) is 20.1. The van der Waals surface area contributed by atoms with Crippen molar-refractivity contribution >= 4 is 23.1 Å². The molecule has 28 heavy (non-hydrogen) atoms. The van der Waals surface area contributed by atoms with Crippen LogP contribution in [0, 0.1) is 5.41 Å². The highest BCUT2D eigenvalue weighted by atomic mass is 35.5. The van der Waals surface area contributed by atoms with Crippen LogP contribution in [-0.2, 0) is 6.42 Å². The number of ketones is 1. The second-order valence-electron chi connectivity index (χ2n) is 8.42. The molecule has 0 N–H and O–H groups in total. The molecule has 4 rings (SSSR count). The SMILES string of the molecule is CN(C)c1ccc(-c2c3c(nn2-c2ccccc2Cl)CC(C)(C)CC3=O)cc1. The molecule has 1 aromatic heterocycles. The van der Waals surface area contributed by atoms with Gasteiger partial charge in [-0.2, -0.15) is 5.10 Å². The number of Topliss-reactive ketones (excluding diaryl/α,β-unsaturated/α-hetero) is 1. The molecule has 1 aliphatic carbocycles. The number of anilines is 1. The van der Waals surface area contributed by atoms with Crippen molar-refractivity contribution in [2.24, 2.45) is 5.41 Å². The summed E-state index contributed by atoms with van der Waals surface area (Å²) in [6, 6.07) is 15.8. The molecule has 0 aliphatic heterocycles. The van der Waals surface area contributed by atoms with Crippen LogP contribution >= 0.6 is 11.6 Å². The van der Waals surface area contributed by atoms with Crippen molar-refractivity contribution in [3.8, 4) is 16.9 Å². The molecule has 0 spiro atoms. The van der Waals surface area contributed by atoms with Gasteiger partial charge < -0.3 is 4.90 Å². The minimum Gasteiger partial charge on any atom is -0.378 e. The van der Waals surface area contributed by atoms with Gasteiger partial charge in [-0.25, -0.2) is 4.68 Å². The lowest BCUT2D eigenvalue weighted by Crippen LogP contribution is -2.26. The average molecular weight is 394 g/mol. The number of carbonyl (C=O) groups excluding carboxylic acids is 1. The van der Waals surface area contributed by atoms with Gasteiger partial charge in [0.25, 0.3) is 0 Å². The van der Waals surface area contributed by atoms with Crippen LogP contribution in [0.15, 0.2) is 48.5 Å². The number of para-hydroxylation sites is 1. The fraction of sp³-hybridized carbons (Fsp3) is 0.304. The lowest BCUT2D eigenvalue weighted by Gasteiger charge is -2.27. The van der Waals surface area contributed by atoms with Gasteiger partial charge in [-0.3, -0.25) is 4.79 Å². The zero-order valence-corrected chi connectivity index (χ0v) is 17.4. The van der Waals surface area contributed by atoms with Gasteiger partial charge in [0, 0.05) is 31.8 Å². The van der Waals surface area contributed by atoms with Crippen molar-refractivity contribution in [2.75, 3.05) is 19.0 Å². The van der Waals surface area contributed by atoms with E-state index in [-0.39, 0.29) is 11.2 Å². The molecule has 0 fully saturated rings. The number of rotatable bonds is 3. The number of carbonyl (C=O) groups is 1. The highest BCUT2D eigenvalue weighted by Crippen LogP contribution is 2.40. The molecule has 0 bridgehead atoms. The van der Waals surface area contributed by atoms with Crippen LogP contribution in [0.2, 0.25) is 5.02 Å². The van der Waals surface area contributed by atoms with Crippen molar-refractivity contribution in [1.29, 1.82) is 0 Å². The average Bonchev–Trinajstić information content (AvgIpc) is 3.00. The molecule has 2 aromatic carbocycles. The van der Waals surface area contributed by atoms with Gasteiger partial charge >= 0.3 is 0 Å². The normalized spacial score (nSPS) is 15.4. The second kappa shape index (κ2) is 6.78. The number of benzene rings is 2. The highest BCUT2D eigenvalue weighted by molar-refractivity contribution is 6.32. The molecular weight excluding hydrogens is 370 g/mol. The first-order valence-electron chi connectivity index (χ1n) is 9.44. The standard InChI is InChI=1S/C23H24ClN3O/c1-23(2)13-18-21(20(28)14-23)22(15-9-11-16(12-10-15)26(3)4)27(25-18)19-8-6-5-7-17(19)24/h5-12H,13-14H2,1-4H3. The van der Waals surface area contributed by atoms with Crippen molar-refractivity contribution in [2.45, 2.75) is 26.7 Å². The quantitative estimate of drug-likeness (QED) is 0.596. The second-order valence-corrected chi connectivity index (χ2v) is 8.82. The molecule has 4 nitrogen and oxygen atoms in total. The van der Waals surface area contributed by atoms with Crippen molar-refractivity contribution in [3.05, 3.63) is 64.8 Å². The number of hydrogen-bond acceptors (Lipinski definition) is 3. The fourth-order valence-corrected chi connectivity index (χ4v) is 4.12. The van der Waals surface area contributed by atoms with E-state index in [1.165, 1.54) is 0 Å². The van der Waals surface area contributed by atoms with E-state index in [0.717, 1.165) is 40.3 Å². The van der Waals surface area contributed by atoms with E-state index in [1.807, 2.05) is 55.2 Å². The Morgan fingerprint density at radius 2 is 1.71 bits per heavy atom. The van der Waals surface area contributed by atoms with Gasteiger partial charge in [-0.1, -0.05) is 49.7 Å². The first-order chi connectivity index (χ1) is 13.3. The van der Waals surface area contributed by atoms with Gasteiger partial charge in [0.15, 0.2) is 5.78 Å². The summed E-state index contributed by atoms with van der Waals surface area (Å²) in [6.07, 6.45) is 1.30. The van der Waals surface area contributed by atoms with Crippen LogP contribution in [0.4, 0.5) is 5.69 Å². The van der Waals surface area contributed by atoms with E-state index in [0.29, 0.717) is 11.4 Å². The van der Waals surface area contributed by atoms with Gasteiger partial charge in [0.2, 0.25) is 0 Å². The summed E-state index contributed by atoms with van der Waals surface area (Å²) < 4.78 is 1.84. The molecular formula is C23H24ClN3O. The molecule has 0 radical (unpaired) electrons. The van der Waals surface area contributed by atoms with Gasteiger partial charge in [-0.05, 0) is 36.1 Å². The van der Waals surface area contributed by atoms with E-state index in [4.69, 9.17) is 16.7 Å². The fourth-order valence-electron chi connectivity index (χ4n) is 3.90. The molecule has 0 atom stereocenters. The number of nitrogens with zero attached hydrogens (tertiary/aromatic N) is 3. The van der Waals surface area contributed by atoms with E-state index in [2.05, 4.69) is 30.9 Å². The summed E-state index contributed by atoms with van der Waals surface area (Å²) in [5, 5.41) is 5.47. The Labute approximate surface area is 170 Å². The zero-order valence-electron chi connectivity index (χ0n) is 16.7. The Kier molecular flexibility index (Phi) is 4.54. The Morgan fingerprint density at radius 1 is 1.04 bits per heavy atom. The number of hydrogen-bond donors (Lipinski definition) is 0. The van der Waals surface area contributed by atoms with Crippen LogP contribution in [0.3, 0.4) is 0 Å². The number of halogens is 1. The molecule has 0 saturated heterocycles. The van der Waals surface area contributed by atoms with Gasteiger partial charge in [-0.15, -0.1) is 0 Å². The van der Waals surface area contributed by atoms with E-state index < -0.39 is 0 Å². The molecule has 5 heteroatoms. The summed E-state index contributed by atoms with van der Waals surface area (Å²) in [5.74, 6) is 0.149. The van der Waals surface area contributed by atoms with Crippen molar-refractivity contribution < 1.29 is 4.79 Å². The lowest BCUT2D eigenvalue weighted by molar-refractivity contribution is 0.0912. The molecule has 0 unspecified atom stereocenters. The number of fused-ring (bicyclic) bond motifs is 1. The molecule has 3 aromatic rings. The Balaban J connectivity index is 1.97. The Bertz CT molecular complexity index is 1050. The third-order valence-electron chi connectivity index (χ3n) is 5.26. The Morgan fingerprint density at radius 3 is 2.36 bits per heavy atom. The third-order valence-corrected chi connectivity index (χ3v) is 5.58. The van der Waals surface area contributed by atoms with E-state index in [9.17, 15) is 4.79 Å². The molecule has 0 saturated carbocycles. The maximum absolute atomic E-state index is 13.1. The first-order valence-corrected chi connectivity index (χ1v) is 9.82. The molecule has 0 amide bonds. The van der Waals surface area contributed by atoms with Gasteiger partial charge in [0.1, 0.15) is 0 Å². The summed E-state index contributed by atoms with van der Waals surface area (Å²) in [5.41, 5.74) is 5.19. The molecule has 1 heterocycles. The smallest absolute Gasteiger partial charge is 0.167 e. The largest absolute Gasteiger partial charge is 0.378 e. The van der Waals surface area contributed by atoms with Crippen LogP contribution in [-0.4, -0.2) is 29.7 Å². The summed E-state index contributed by atoms with van der Waals surface area (Å²) in [4.78, 5) is 15.2. The van der Waals surface area contributed by atoms with Crippen molar-refractivity contribution in [1.82, 2.24) is 9.78 Å². The summed E-state index contributed by atoms with van der Waals surface area (Å²) >= 11 is 6.49. The summed E-state index contributed by atoms with van der Waals surface area (Å²) in [7, 11) is 4.02. The monoisotopic (exact) mass is 393 g/mol. The number of aromatic nitrogens is 2. The van der Waals surface area contributed by atoms with Crippen LogP contribution in [0.25, 0.3) is 16.9 Å². The van der Waals surface area contributed by atoms with Crippen LogP contribution in [0.5, 0.6) is 0 Å². The third kappa shape index (κ3) is 3.22. The van der Waals surface area contributed by atoms with Crippen LogP contribution < -0.4 is 4.90 Å². The minimum atomic E-state index is -0.0875.